The van der Waals surface area contributed by atoms with Crippen molar-refractivity contribution >= 4 is 123 Å². The predicted octanol–water partition coefficient (Wildman–Crippen LogP) is 7.21. The summed E-state index contributed by atoms with van der Waals surface area (Å²) >= 11 is 0. The lowest BCUT2D eigenvalue weighted by Crippen LogP contribution is -2.09. The van der Waals surface area contributed by atoms with E-state index in [-0.39, 0.29) is 28.5 Å². The molecule has 3 aromatic carbocycles. The van der Waals surface area contributed by atoms with Gasteiger partial charge in [-0.2, -0.15) is 52.8 Å². The number of anilines is 7. The number of ketones is 1. The number of carbonyl (C=O) groups excluding carboxylic acids is 1. The van der Waals surface area contributed by atoms with Crippen LogP contribution in [0.4, 0.5) is 62.5 Å². The van der Waals surface area contributed by atoms with Gasteiger partial charge in [-0.05, 0) is 49.7 Å². The smallest absolute Gasteiger partial charge is 0.416 e. The molecule has 35 nitrogen and oxygen atoms in total. The van der Waals surface area contributed by atoms with E-state index in [1.54, 1.807) is 87.6 Å². The van der Waals surface area contributed by atoms with Gasteiger partial charge in [-0.1, -0.05) is 30.3 Å². The maximum Gasteiger partial charge on any atom is 0.416 e. The van der Waals surface area contributed by atoms with E-state index in [1.165, 1.54) is 75.5 Å². The molecule has 0 aliphatic rings. The fraction of sp³-hybridized carbons (Fsp3) is 0.183. The summed E-state index contributed by atoms with van der Waals surface area (Å²) in [4.78, 5) is 79.0. The SMILES string of the molecule is CC(=O)c1ccc(-c2nn(C)c3ncnc(N)c23)cc1F.CNc1nc(F)nc2nc[nH]c12.CNc1nc(OC)nc2nc[nH]c12.CNc1ncnc2nc[nH]c12.Cc1ccc(-c2nn(C)c3ncnc(N)c23)cc1C(F)(F)F.Cn1nc(-c2cccc(NS(C)(=O)=O)c2)c2c(N)ncnc21. The summed E-state index contributed by atoms with van der Waals surface area (Å²) in [6.07, 6.45) is 6.01. The Kier molecular flexibility index (Phi) is 20.6. The second-order valence-corrected chi connectivity index (χ2v) is 22.9. The quantitative estimate of drug-likeness (QED) is 0.0367. The van der Waals surface area contributed by atoms with Crippen LogP contribution in [-0.4, -0.2) is 168 Å². The van der Waals surface area contributed by atoms with Gasteiger partial charge in [-0.15, -0.1) is 0 Å². The van der Waals surface area contributed by atoms with Crippen LogP contribution in [0.3, 0.4) is 0 Å². The number of sulfonamides is 1. The molecule has 0 spiro atoms. The zero-order valence-electron chi connectivity index (χ0n) is 54.9. The number of benzene rings is 3. The highest BCUT2D eigenvalue weighted by Gasteiger charge is 2.33. The minimum absolute atomic E-state index is 0.0446. The molecule has 0 aliphatic heterocycles. The molecule has 0 amide bonds. The van der Waals surface area contributed by atoms with Gasteiger partial charge in [-0.25, -0.2) is 81.7 Å². The van der Waals surface area contributed by atoms with Crippen LogP contribution >= 0.6 is 0 Å². The number of methoxy groups -OCH3 is 1. The van der Waals surface area contributed by atoms with E-state index >= 15 is 0 Å². The molecule has 13 N–H and O–H groups in total. The Morgan fingerprint density at radius 2 is 1.01 bits per heavy atom. The first-order chi connectivity index (χ1) is 48.2. The molecule has 41 heteroatoms. The average Bonchev–Trinajstić information content (AvgIpc) is 1.65. The third-order valence-electron chi connectivity index (χ3n) is 14.5. The summed E-state index contributed by atoms with van der Waals surface area (Å²) in [6.45, 7) is 2.74. The Balaban J connectivity index is 0.000000133. The number of fused-ring (bicyclic) bond motifs is 6. The Morgan fingerprint density at radius 1 is 0.554 bits per heavy atom. The highest BCUT2D eigenvalue weighted by Crippen LogP contribution is 2.38. The highest BCUT2D eigenvalue weighted by molar-refractivity contribution is 7.92. The first-order valence-electron chi connectivity index (χ1n) is 29.4. The van der Waals surface area contributed by atoms with E-state index < -0.39 is 33.7 Å². The largest absolute Gasteiger partial charge is 0.467 e. The number of carbonyl (C=O) groups is 1. The Labute approximate surface area is 566 Å². The number of imidazole rings is 3. The summed E-state index contributed by atoms with van der Waals surface area (Å²) < 4.78 is 101. The number of nitrogens with two attached hydrogens (primary N) is 3. The van der Waals surface area contributed by atoms with Crippen molar-refractivity contribution in [3.63, 3.8) is 0 Å². The third-order valence-corrected chi connectivity index (χ3v) is 15.1. The zero-order chi connectivity index (χ0) is 72.6. The number of rotatable bonds is 10. The molecule has 0 radical (unpaired) electrons. The van der Waals surface area contributed by atoms with E-state index in [0.717, 1.165) is 34.7 Å². The monoisotopic (exact) mass is 1410 g/mol. The molecule has 0 bridgehead atoms. The van der Waals surface area contributed by atoms with Gasteiger partial charge in [0.2, 0.25) is 10.0 Å². The maximum absolute atomic E-state index is 14.0. The van der Waals surface area contributed by atoms with Crippen molar-refractivity contribution in [1.82, 2.24) is 119 Å². The minimum Gasteiger partial charge on any atom is -0.467 e. The number of hydrogen-bond donors (Lipinski definition) is 10. The van der Waals surface area contributed by atoms with Gasteiger partial charge >= 0.3 is 18.3 Å². The van der Waals surface area contributed by atoms with Gasteiger partial charge in [0.1, 0.15) is 82.2 Å². The molecule has 0 fully saturated rings. The predicted molar refractivity (Wildman–Crippen MR) is 367 cm³/mol. The molecular formula is C60H60F5N31O4S. The third kappa shape index (κ3) is 15.6. The van der Waals surface area contributed by atoms with Gasteiger partial charge in [0, 0.05) is 64.7 Å². The summed E-state index contributed by atoms with van der Waals surface area (Å²) in [5.41, 5.74) is 26.1. The maximum atomic E-state index is 14.0. The number of alkyl halides is 3. The fourth-order valence-electron chi connectivity index (χ4n) is 9.93. The van der Waals surface area contributed by atoms with Gasteiger partial charge in [0.15, 0.2) is 57.1 Å². The van der Waals surface area contributed by atoms with Crippen molar-refractivity contribution in [1.29, 1.82) is 0 Å². The molecule has 15 aromatic rings. The van der Waals surface area contributed by atoms with Crippen LogP contribution in [0.2, 0.25) is 0 Å². The number of nitrogen functional groups attached to an aromatic ring is 3. The topological polar surface area (TPSA) is 481 Å². The number of halogens is 5. The van der Waals surface area contributed by atoms with Gasteiger partial charge in [0.25, 0.3) is 0 Å². The molecule has 12 heterocycles. The lowest BCUT2D eigenvalue weighted by atomic mass is 10.0. The van der Waals surface area contributed by atoms with Crippen LogP contribution in [0.5, 0.6) is 6.01 Å². The van der Waals surface area contributed by atoms with Crippen molar-refractivity contribution in [3.05, 3.63) is 134 Å². The Bertz CT molecular complexity index is 5640. The van der Waals surface area contributed by atoms with Crippen LogP contribution in [0.1, 0.15) is 28.4 Å². The molecule has 0 unspecified atom stereocenters. The number of nitrogens with zero attached hydrogens (tertiary/aromatic N) is 21. The standard InChI is InChI=1S/C14H12F3N5.C14H12FN5O.C13H14N6O2S.C7H9N5O.C6H6FN5.C6H7N5/c1-7-3-4-8(5-9(7)14(15,16)17)11-10-12(18)19-6-20-13(10)22(2)21-11;1-7(21)9-4-3-8(5-10(9)15)12-11-13(16)17-6-18-14(11)20(2)19-12;1-19-13-10(12(14)15-7-16-13)11(17-19)8-4-3-5-9(6-8)18-22(2,20)21;1-8-5-4-6(10-3-9-4)12-7(11-5)13-2;1-8-4-3-5(10-2-9-3)12-6(7)11-4;1-7-5-4-6(10-2-8-4)11-3-9-5/h3-6H,1-2H3,(H2,18,19,20);3-6H,1-2H3,(H2,16,17,18);3-7,18H,1-2H3,(H2,14,15,16);3H,1-2H3,(H2,8,9,10,11,12);2H,1H3,(H2,8,9,10,11,12);2-3H,1H3,(H2,7,8,9,10,11). The number of ether oxygens (including phenoxy) is 1. The van der Waals surface area contributed by atoms with Gasteiger partial charge in [0.05, 0.1) is 59.6 Å². The number of aromatic nitrogens is 24. The normalized spacial score (nSPS) is 11.2. The first kappa shape index (κ1) is 70.4. The molecule has 0 aliphatic carbocycles. The molecule has 520 valence electrons. The van der Waals surface area contributed by atoms with E-state index in [9.17, 15) is 35.2 Å². The average molecular weight is 1410 g/mol. The summed E-state index contributed by atoms with van der Waals surface area (Å²) in [5, 5.41) is 23.2. The molecular weight excluding hydrogens is 1350 g/mol. The van der Waals surface area contributed by atoms with E-state index in [0.29, 0.717) is 113 Å². The second kappa shape index (κ2) is 29.5. The van der Waals surface area contributed by atoms with Crippen LogP contribution < -0.4 is 42.6 Å². The molecule has 0 saturated carbocycles. The van der Waals surface area contributed by atoms with Gasteiger partial charge < -0.3 is 52.8 Å². The lowest BCUT2D eigenvalue weighted by Gasteiger charge is -2.11. The Morgan fingerprint density at radius 3 is 1.49 bits per heavy atom. The Hall–Kier alpha value is -13.4. The zero-order valence-corrected chi connectivity index (χ0v) is 55.7. The summed E-state index contributed by atoms with van der Waals surface area (Å²) in [6, 6.07) is 15.6. The van der Waals surface area contributed by atoms with Crippen molar-refractivity contribution in [2.24, 2.45) is 21.1 Å². The van der Waals surface area contributed by atoms with E-state index in [2.05, 4.69) is 126 Å². The van der Waals surface area contributed by atoms with Crippen molar-refractivity contribution in [3.8, 4) is 39.8 Å². The second-order valence-electron chi connectivity index (χ2n) is 21.2. The molecule has 12 aromatic heterocycles. The lowest BCUT2D eigenvalue weighted by molar-refractivity contribution is -0.138. The number of aromatic amines is 3. The number of hydrogen-bond acceptors (Lipinski definition) is 28. The first-order valence-corrected chi connectivity index (χ1v) is 31.3. The summed E-state index contributed by atoms with van der Waals surface area (Å²) in [5.74, 6) is 1.74. The number of Topliss-reactive ketones (excluding diaryl/α,β-unsaturated/α-hetero) is 1. The van der Waals surface area contributed by atoms with Crippen LogP contribution in [-0.2, 0) is 37.3 Å². The van der Waals surface area contributed by atoms with Crippen LogP contribution in [0.15, 0.2) is 105 Å². The number of H-pyrrole nitrogens is 3. The molecule has 0 saturated heterocycles. The van der Waals surface area contributed by atoms with Gasteiger partial charge in [-0.3, -0.25) is 9.52 Å². The molecule has 15 rings (SSSR count). The number of aryl methyl sites for hydroxylation is 4. The van der Waals surface area contributed by atoms with Crippen molar-refractivity contribution < 1.29 is 39.9 Å². The van der Waals surface area contributed by atoms with E-state index in [1.807, 2.05) is 13.1 Å². The molecule has 0 atom stereocenters. The van der Waals surface area contributed by atoms with Crippen LogP contribution in [0.25, 0.3) is 100 Å². The molecule has 101 heavy (non-hydrogen) atoms. The van der Waals surface area contributed by atoms with Crippen LogP contribution in [0, 0.1) is 18.8 Å². The van der Waals surface area contributed by atoms with Crippen molar-refractivity contribution in [2.75, 3.05) is 72.4 Å². The fourth-order valence-corrected chi connectivity index (χ4v) is 10.5. The summed E-state index contributed by atoms with van der Waals surface area (Å²) in [7, 11) is 8.55. The number of nitrogens with one attached hydrogen (secondary N) is 7. The minimum atomic E-state index is -4.42. The van der Waals surface area contributed by atoms with E-state index in [4.69, 9.17) is 21.9 Å². The van der Waals surface area contributed by atoms with Crippen molar-refractivity contribution in [2.45, 2.75) is 20.0 Å². The highest BCUT2D eigenvalue weighted by atomic mass is 32.2.